The summed E-state index contributed by atoms with van der Waals surface area (Å²) in [6, 6.07) is 1.82. The van der Waals surface area contributed by atoms with Crippen molar-refractivity contribution in [1.29, 1.82) is 0 Å². The molecule has 1 N–H and O–H groups in total. The smallest absolute Gasteiger partial charge is 0.243 e. The van der Waals surface area contributed by atoms with E-state index in [9.17, 15) is 8.42 Å². The van der Waals surface area contributed by atoms with Crippen LogP contribution in [-0.4, -0.2) is 32.4 Å². The Morgan fingerprint density at radius 2 is 2.10 bits per heavy atom. The van der Waals surface area contributed by atoms with E-state index in [1.165, 1.54) is 11.3 Å². The third-order valence-electron chi connectivity index (χ3n) is 4.12. The summed E-state index contributed by atoms with van der Waals surface area (Å²) in [6.07, 6.45) is 2.97. The summed E-state index contributed by atoms with van der Waals surface area (Å²) in [5, 5.41) is 5.01. The van der Waals surface area contributed by atoms with E-state index in [2.05, 4.69) is 19.2 Å². The Kier molecular flexibility index (Phi) is 5.46. The van der Waals surface area contributed by atoms with Gasteiger partial charge < -0.3 is 5.32 Å². The van der Waals surface area contributed by atoms with Gasteiger partial charge in [0.05, 0.1) is 4.90 Å². The number of nitrogens with zero attached hydrogens (tertiary/aromatic N) is 1. The molecular formula is C15H26N2O2S2. The van der Waals surface area contributed by atoms with E-state index in [1.54, 1.807) is 9.69 Å². The molecule has 1 aliphatic heterocycles. The molecule has 21 heavy (non-hydrogen) atoms. The predicted molar refractivity (Wildman–Crippen MR) is 88.1 cm³/mol. The molecule has 4 nitrogen and oxygen atoms in total. The van der Waals surface area contributed by atoms with E-state index in [4.69, 9.17) is 0 Å². The summed E-state index contributed by atoms with van der Waals surface area (Å²) in [7, 11) is -3.32. The van der Waals surface area contributed by atoms with Crippen molar-refractivity contribution in [3.05, 3.63) is 16.3 Å². The minimum Gasteiger partial charge on any atom is -0.312 e. The number of thiophene rings is 1. The molecule has 1 aliphatic rings. The second kappa shape index (κ2) is 6.77. The molecule has 1 aromatic heterocycles. The molecular weight excluding hydrogens is 304 g/mol. The summed E-state index contributed by atoms with van der Waals surface area (Å²) < 4.78 is 27.2. The van der Waals surface area contributed by atoms with Gasteiger partial charge in [-0.15, -0.1) is 11.3 Å². The van der Waals surface area contributed by atoms with Gasteiger partial charge in [-0.25, -0.2) is 8.42 Å². The fraction of sp³-hybridized carbons (Fsp3) is 0.733. The minimum absolute atomic E-state index is 0.245. The molecule has 0 radical (unpaired) electrons. The van der Waals surface area contributed by atoms with Crippen LogP contribution in [0.3, 0.4) is 0 Å². The zero-order valence-corrected chi connectivity index (χ0v) is 14.8. The zero-order valence-electron chi connectivity index (χ0n) is 13.2. The van der Waals surface area contributed by atoms with Gasteiger partial charge in [0.25, 0.3) is 0 Å². The zero-order chi connectivity index (χ0) is 15.5. The quantitative estimate of drug-likeness (QED) is 0.903. The fourth-order valence-electron chi connectivity index (χ4n) is 2.62. The molecule has 0 atom stereocenters. The van der Waals surface area contributed by atoms with E-state index in [-0.39, 0.29) is 5.41 Å². The molecule has 2 rings (SSSR count). The summed E-state index contributed by atoms with van der Waals surface area (Å²) in [6.45, 7) is 9.40. The number of sulfonamides is 1. The van der Waals surface area contributed by atoms with Crippen molar-refractivity contribution in [2.45, 2.75) is 51.5 Å². The highest BCUT2D eigenvalue weighted by Gasteiger charge is 2.30. The number of rotatable bonds is 5. The van der Waals surface area contributed by atoms with Crippen molar-refractivity contribution < 1.29 is 8.42 Å². The molecule has 1 saturated heterocycles. The van der Waals surface area contributed by atoms with Crippen LogP contribution in [0.1, 0.15) is 44.9 Å². The van der Waals surface area contributed by atoms with Gasteiger partial charge in [-0.05, 0) is 37.3 Å². The van der Waals surface area contributed by atoms with Crippen molar-refractivity contribution in [3.8, 4) is 0 Å². The molecule has 2 heterocycles. The lowest BCUT2D eigenvalue weighted by atomic mass is 9.85. The molecule has 1 aromatic rings. The van der Waals surface area contributed by atoms with E-state index in [0.717, 1.165) is 37.2 Å². The van der Waals surface area contributed by atoms with Crippen LogP contribution in [0.2, 0.25) is 0 Å². The molecule has 0 spiro atoms. The van der Waals surface area contributed by atoms with E-state index < -0.39 is 10.0 Å². The molecule has 0 unspecified atom stereocenters. The maximum absolute atomic E-state index is 12.8. The predicted octanol–water partition coefficient (Wildman–Crippen LogP) is 3.06. The Balaban J connectivity index is 2.12. The summed E-state index contributed by atoms with van der Waals surface area (Å²) in [5.41, 5.74) is 0.245. The van der Waals surface area contributed by atoms with Gasteiger partial charge in [-0.1, -0.05) is 20.8 Å². The summed E-state index contributed by atoms with van der Waals surface area (Å²) >= 11 is 1.52. The fourth-order valence-corrected chi connectivity index (χ4v) is 5.34. The number of hydrogen-bond acceptors (Lipinski definition) is 4. The van der Waals surface area contributed by atoms with Crippen LogP contribution >= 0.6 is 11.3 Å². The standard InChI is InChI=1S/C15H26N2O2S2/c1-4-16-11-13-10-14(12-20-13)21(18,19)17-8-5-6-15(2,3)7-9-17/h10,12,16H,4-9,11H2,1-3H3. The Morgan fingerprint density at radius 1 is 1.33 bits per heavy atom. The van der Waals surface area contributed by atoms with E-state index in [1.807, 2.05) is 13.0 Å². The Labute approximate surface area is 132 Å². The highest BCUT2D eigenvalue weighted by Crippen LogP contribution is 2.32. The van der Waals surface area contributed by atoms with Gasteiger partial charge in [-0.3, -0.25) is 0 Å². The molecule has 0 bridgehead atoms. The first-order valence-electron chi connectivity index (χ1n) is 7.63. The highest BCUT2D eigenvalue weighted by atomic mass is 32.2. The van der Waals surface area contributed by atoms with Gasteiger partial charge in [0.1, 0.15) is 0 Å². The molecule has 6 heteroatoms. The number of nitrogens with one attached hydrogen (secondary N) is 1. The van der Waals surface area contributed by atoms with Crippen LogP contribution in [0.4, 0.5) is 0 Å². The topological polar surface area (TPSA) is 49.4 Å². The molecule has 0 amide bonds. The summed E-state index contributed by atoms with van der Waals surface area (Å²) in [5.74, 6) is 0. The van der Waals surface area contributed by atoms with Gasteiger partial charge >= 0.3 is 0 Å². The Morgan fingerprint density at radius 3 is 2.81 bits per heavy atom. The first-order valence-corrected chi connectivity index (χ1v) is 9.95. The Bertz CT molecular complexity index is 564. The first kappa shape index (κ1) is 16.9. The second-order valence-electron chi connectivity index (χ2n) is 6.45. The maximum Gasteiger partial charge on any atom is 0.243 e. The van der Waals surface area contributed by atoms with Crippen molar-refractivity contribution in [2.75, 3.05) is 19.6 Å². The van der Waals surface area contributed by atoms with E-state index >= 15 is 0 Å². The second-order valence-corrected chi connectivity index (χ2v) is 9.38. The molecule has 120 valence electrons. The number of hydrogen-bond donors (Lipinski definition) is 1. The van der Waals surface area contributed by atoms with Crippen LogP contribution in [0.5, 0.6) is 0 Å². The van der Waals surface area contributed by atoms with Gasteiger partial charge in [0.15, 0.2) is 0 Å². The largest absolute Gasteiger partial charge is 0.312 e. The first-order chi connectivity index (χ1) is 9.85. The van der Waals surface area contributed by atoms with Crippen LogP contribution in [-0.2, 0) is 16.6 Å². The summed E-state index contributed by atoms with van der Waals surface area (Å²) in [4.78, 5) is 1.53. The van der Waals surface area contributed by atoms with Crippen molar-refractivity contribution in [3.63, 3.8) is 0 Å². The lowest BCUT2D eigenvalue weighted by molar-refractivity contribution is 0.315. The lowest BCUT2D eigenvalue weighted by Crippen LogP contribution is -2.32. The highest BCUT2D eigenvalue weighted by molar-refractivity contribution is 7.89. The molecule has 0 saturated carbocycles. The van der Waals surface area contributed by atoms with Crippen molar-refractivity contribution in [2.24, 2.45) is 5.41 Å². The van der Waals surface area contributed by atoms with Gasteiger partial charge in [0.2, 0.25) is 10.0 Å². The van der Waals surface area contributed by atoms with Crippen LogP contribution < -0.4 is 5.32 Å². The van der Waals surface area contributed by atoms with Crippen LogP contribution in [0.15, 0.2) is 16.3 Å². The van der Waals surface area contributed by atoms with Crippen molar-refractivity contribution in [1.82, 2.24) is 9.62 Å². The van der Waals surface area contributed by atoms with Crippen LogP contribution in [0.25, 0.3) is 0 Å². The van der Waals surface area contributed by atoms with Crippen LogP contribution in [0, 0.1) is 5.41 Å². The Hall–Kier alpha value is -0.430. The third-order valence-corrected chi connectivity index (χ3v) is 7.08. The monoisotopic (exact) mass is 330 g/mol. The third kappa shape index (κ3) is 4.28. The minimum atomic E-state index is -3.32. The molecule has 0 aromatic carbocycles. The molecule has 0 aliphatic carbocycles. The average Bonchev–Trinajstić information content (AvgIpc) is 2.81. The van der Waals surface area contributed by atoms with Crippen molar-refractivity contribution >= 4 is 21.4 Å². The maximum atomic E-state index is 12.8. The van der Waals surface area contributed by atoms with Gasteiger partial charge in [0, 0.05) is 29.9 Å². The van der Waals surface area contributed by atoms with E-state index in [0.29, 0.717) is 18.0 Å². The molecule has 1 fully saturated rings. The lowest BCUT2D eigenvalue weighted by Gasteiger charge is -2.22. The SMILES string of the molecule is CCNCc1cc(S(=O)(=O)N2CCCC(C)(C)CC2)cs1. The normalized spacial score (nSPS) is 20.3. The van der Waals surface area contributed by atoms with Gasteiger partial charge in [-0.2, -0.15) is 4.31 Å². The average molecular weight is 331 g/mol.